The van der Waals surface area contributed by atoms with Crippen molar-refractivity contribution in [2.24, 2.45) is 17.8 Å². The van der Waals surface area contributed by atoms with E-state index in [4.69, 9.17) is 0 Å². The largest absolute Gasteiger partial charge is 0.314 e. The Hall–Kier alpha value is -4.88. The second kappa shape index (κ2) is 11.9. The number of hydrogen-bond donors (Lipinski definition) is 0. The van der Waals surface area contributed by atoms with Crippen LogP contribution in [0.5, 0.6) is 0 Å². The summed E-state index contributed by atoms with van der Waals surface area (Å²) in [6.07, 6.45) is 43.6. The molecule has 0 fully saturated rings. The summed E-state index contributed by atoms with van der Waals surface area (Å²) in [4.78, 5) is 0. The summed E-state index contributed by atoms with van der Waals surface area (Å²) in [6.45, 7) is 0. The Kier molecular flexibility index (Phi) is 7.07. The molecule has 0 bridgehead atoms. The van der Waals surface area contributed by atoms with E-state index in [1.165, 1.54) is 81.7 Å². The highest BCUT2D eigenvalue weighted by atomic mass is 15.0. The Morgan fingerprint density at radius 2 is 1.35 bits per heavy atom. The summed E-state index contributed by atoms with van der Waals surface area (Å²) >= 11 is 0. The third-order valence-electron chi connectivity index (χ3n) is 12.0. The van der Waals surface area contributed by atoms with Crippen molar-refractivity contribution in [1.29, 1.82) is 0 Å². The molecular weight excluding hydrogens is 591 g/mol. The second-order valence-corrected chi connectivity index (χ2v) is 14.8. The lowest BCUT2D eigenvalue weighted by Crippen LogP contribution is -2.24. The fourth-order valence-electron chi connectivity index (χ4n) is 9.70. The number of hydrogen-bond acceptors (Lipinski definition) is 0. The normalized spacial score (nSPS) is 26.1. The van der Waals surface area contributed by atoms with Crippen molar-refractivity contribution >= 4 is 34.6 Å². The van der Waals surface area contributed by atoms with Crippen LogP contribution >= 0.6 is 0 Å². The Bertz CT molecular complexity index is 2160. The van der Waals surface area contributed by atoms with Crippen LogP contribution in [0.15, 0.2) is 139 Å². The number of nitrogens with zero attached hydrogens (tertiary/aromatic N) is 1. The SMILES string of the molecule is C1=CC(c2ccc(C3=CC4C=Cc5c(c6c(n5C5=CC7C=CC(c8ccccc8)=CC7C=C5)CCC=C6)C4C4=C3CCCC4)cc2)=CCC1. The molecule has 0 aliphatic heterocycles. The maximum Gasteiger partial charge on any atom is 0.0500 e. The second-order valence-electron chi connectivity index (χ2n) is 14.8. The first-order valence-corrected chi connectivity index (χ1v) is 18.7. The van der Waals surface area contributed by atoms with Crippen molar-refractivity contribution in [2.75, 3.05) is 0 Å². The molecule has 3 aromatic rings. The fraction of sp³-hybridized carbons (Fsp3) is 0.250. The zero-order valence-electron chi connectivity index (χ0n) is 28.2. The highest BCUT2D eigenvalue weighted by Gasteiger charge is 2.40. The van der Waals surface area contributed by atoms with E-state index in [9.17, 15) is 0 Å². The fourth-order valence-corrected chi connectivity index (χ4v) is 9.70. The number of allylic oxidation sites excluding steroid dienone is 18. The monoisotopic (exact) mass is 633 g/mol. The van der Waals surface area contributed by atoms with Crippen LogP contribution in [0.1, 0.15) is 90.1 Å². The molecule has 7 aliphatic carbocycles. The maximum absolute atomic E-state index is 2.65. The molecular formula is C48H43N. The van der Waals surface area contributed by atoms with E-state index in [-0.39, 0.29) is 0 Å². The molecule has 240 valence electrons. The van der Waals surface area contributed by atoms with Gasteiger partial charge < -0.3 is 4.57 Å². The first-order chi connectivity index (χ1) is 24.3. The Labute approximate surface area is 291 Å². The molecule has 10 rings (SSSR count). The average molecular weight is 634 g/mol. The predicted molar refractivity (Wildman–Crippen MR) is 207 cm³/mol. The van der Waals surface area contributed by atoms with Crippen LogP contribution in [0.3, 0.4) is 0 Å². The molecule has 0 N–H and O–H groups in total. The van der Waals surface area contributed by atoms with Crippen molar-refractivity contribution in [3.8, 4) is 0 Å². The van der Waals surface area contributed by atoms with Crippen LogP contribution in [-0.4, -0.2) is 4.57 Å². The van der Waals surface area contributed by atoms with Crippen LogP contribution in [0.25, 0.3) is 34.6 Å². The summed E-state index contributed by atoms with van der Waals surface area (Å²) < 4.78 is 2.65. The molecule has 1 heterocycles. The van der Waals surface area contributed by atoms with Crippen molar-refractivity contribution in [1.82, 2.24) is 4.57 Å². The van der Waals surface area contributed by atoms with Gasteiger partial charge >= 0.3 is 0 Å². The molecule has 4 atom stereocenters. The lowest BCUT2D eigenvalue weighted by atomic mass is 9.65. The van der Waals surface area contributed by atoms with E-state index in [0.717, 1.165) is 25.7 Å². The van der Waals surface area contributed by atoms with Gasteiger partial charge in [-0.25, -0.2) is 0 Å². The summed E-state index contributed by atoms with van der Waals surface area (Å²) in [5, 5.41) is 0. The molecule has 49 heavy (non-hydrogen) atoms. The molecule has 0 saturated heterocycles. The molecule has 1 aromatic heterocycles. The molecule has 1 nitrogen and oxygen atoms in total. The minimum absolute atomic E-state index is 0.380. The Morgan fingerprint density at radius 1 is 0.571 bits per heavy atom. The molecule has 7 aliphatic rings. The van der Waals surface area contributed by atoms with Crippen LogP contribution in [0.4, 0.5) is 0 Å². The van der Waals surface area contributed by atoms with Gasteiger partial charge in [0.25, 0.3) is 0 Å². The van der Waals surface area contributed by atoms with Gasteiger partial charge in [0, 0.05) is 35.1 Å². The van der Waals surface area contributed by atoms with E-state index in [1.807, 2.05) is 0 Å². The zero-order valence-corrected chi connectivity index (χ0v) is 28.2. The van der Waals surface area contributed by atoms with Gasteiger partial charge in [0.1, 0.15) is 0 Å². The first-order valence-electron chi connectivity index (χ1n) is 18.7. The number of aromatic nitrogens is 1. The summed E-state index contributed by atoms with van der Waals surface area (Å²) in [5.41, 5.74) is 18.9. The van der Waals surface area contributed by atoms with E-state index >= 15 is 0 Å². The molecule has 4 unspecified atom stereocenters. The van der Waals surface area contributed by atoms with Crippen molar-refractivity contribution in [2.45, 2.75) is 57.3 Å². The number of rotatable bonds is 4. The number of benzene rings is 2. The van der Waals surface area contributed by atoms with E-state index < -0.39 is 0 Å². The maximum atomic E-state index is 2.65. The average Bonchev–Trinajstić information content (AvgIpc) is 3.52. The molecule has 0 radical (unpaired) electrons. The smallest absolute Gasteiger partial charge is 0.0500 e. The zero-order chi connectivity index (χ0) is 32.3. The Balaban J connectivity index is 1.03. The highest BCUT2D eigenvalue weighted by molar-refractivity contribution is 5.87. The van der Waals surface area contributed by atoms with Crippen LogP contribution < -0.4 is 0 Å². The van der Waals surface area contributed by atoms with Gasteiger partial charge in [-0.05, 0) is 114 Å². The standard InChI is InChI=1S/C48H43N/c1-3-11-32(12-4-1)34-19-21-35(22-20-34)44-31-39-26-28-46-48(47(39)42-16-8-7-15-41(42)44)43-17-9-10-18-45(43)49(46)40-27-25-37-29-36(23-24-38(37)30-40)33-13-5-2-6-14-33/h2-3,5-6,9,11-14,17,19-31,37-39,47H,1,4,7-8,10,15-16,18H2. The van der Waals surface area contributed by atoms with Crippen LogP contribution in [-0.2, 0) is 6.42 Å². The lowest BCUT2D eigenvalue weighted by molar-refractivity contribution is 0.567. The summed E-state index contributed by atoms with van der Waals surface area (Å²) in [6, 6.07) is 20.3. The lowest BCUT2D eigenvalue weighted by Gasteiger charge is -2.39. The molecule has 0 saturated carbocycles. The minimum atomic E-state index is 0.380. The molecule has 0 spiro atoms. The summed E-state index contributed by atoms with van der Waals surface area (Å²) in [5.74, 6) is 1.60. The highest BCUT2D eigenvalue weighted by Crippen LogP contribution is 2.55. The molecule has 0 amide bonds. The van der Waals surface area contributed by atoms with Gasteiger partial charge in [-0.15, -0.1) is 0 Å². The number of fused-ring (bicyclic) bond motifs is 7. The van der Waals surface area contributed by atoms with Crippen LogP contribution in [0, 0.1) is 17.8 Å². The first kappa shape index (κ1) is 29.1. The van der Waals surface area contributed by atoms with Crippen molar-refractivity contribution in [3.63, 3.8) is 0 Å². The van der Waals surface area contributed by atoms with Gasteiger partial charge in [-0.1, -0.05) is 133 Å². The van der Waals surface area contributed by atoms with Crippen molar-refractivity contribution < 1.29 is 0 Å². The van der Waals surface area contributed by atoms with Gasteiger partial charge in [-0.3, -0.25) is 0 Å². The predicted octanol–water partition coefficient (Wildman–Crippen LogP) is 12.2. The quantitative estimate of drug-likeness (QED) is 0.269. The van der Waals surface area contributed by atoms with E-state index in [0.29, 0.717) is 23.7 Å². The summed E-state index contributed by atoms with van der Waals surface area (Å²) in [7, 11) is 0. The topological polar surface area (TPSA) is 4.93 Å². The minimum Gasteiger partial charge on any atom is -0.314 e. The van der Waals surface area contributed by atoms with Gasteiger partial charge in [0.05, 0.1) is 5.69 Å². The van der Waals surface area contributed by atoms with Crippen molar-refractivity contribution in [3.05, 3.63) is 178 Å². The third kappa shape index (κ3) is 4.89. The van der Waals surface area contributed by atoms with Gasteiger partial charge in [0.2, 0.25) is 0 Å². The molecule has 2 aromatic carbocycles. The van der Waals surface area contributed by atoms with Crippen LogP contribution in [0.2, 0.25) is 0 Å². The molecule has 1 heteroatoms. The Morgan fingerprint density at radius 3 is 2.22 bits per heavy atom. The van der Waals surface area contributed by atoms with E-state index in [1.54, 1.807) is 16.7 Å². The van der Waals surface area contributed by atoms with Gasteiger partial charge in [0.15, 0.2) is 0 Å². The van der Waals surface area contributed by atoms with Gasteiger partial charge in [-0.2, -0.15) is 0 Å². The third-order valence-corrected chi connectivity index (χ3v) is 12.0. The van der Waals surface area contributed by atoms with E-state index in [2.05, 4.69) is 144 Å².